The Kier molecular flexibility index (Phi) is 6.52. The van der Waals surface area contributed by atoms with Crippen molar-refractivity contribution in [3.8, 4) is 67.9 Å². The highest BCUT2D eigenvalue weighted by molar-refractivity contribution is 6.19. The summed E-state index contributed by atoms with van der Waals surface area (Å²) in [5, 5.41) is 9.17. The maximum atomic E-state index is 6.45. The summed E-state index contributed by atoms with van der Waals surface area (Å²) in [5.41, 5.74) is 7.27. The summed E-state index contributed by atoms with van der Waals surface area (Å²) in [5.74, 6) is 3.55. The van der Waals surface area contributed by atoms with Crippen LogP contribution in [-0.4, -0.2) is 15.0 Å². The topological polar surface area (TPSA) is 47.9 Å². The van der Waals surface area contributed by atoms with Gasteiger partial charge >= 0.3 is 0 Å². The quantitative estimate of drug-likeness (QED) is 0.138. The molecule has 0 saturated carbocycles. The van der Waals surface area contributed by atoms with E-state index in [0.717, 1.165) is 71.8 Å². The smallest absolute Gasteiger partial charge is 0.165 e. The lowest BCUT2D eigenvalue weighted by Gasteiger charge is -2.21. The molecule has 0 bridgehead atoms. The van der Waals surface area contributed by atoms with Crippen LogP contribution in [0.4, 0.5) is 0 Å². The van der Waals surface area contributed by atoms with Gasteiger partial charge in [-0.15, -0.1) is 0 Å². The van der Waals surface area contributed by atoms with Crippen LogP contribution in [0, 0.1) is 0 Å². The first kappa shape index (κ1) is 29.5. The molecule has 11 rings (SSSR count). The van der Waals surface area contributed by atoms with E-state index in [2.05, 4.69) is 152 Å². The Morgan fingerprint density at radius 1 is 0.321 bits per heavy atom. The molecule has 0 unspecified atom stereocenters. The Morgan fingerprint density at radius 3 is 1.81 bits per heavy atom. The van der Waals surface area contributed by atoms with Crippen LogP contribution < -0.4 is 4.74 Å². The molecule has 4 heteroatoms. The number of rotatable bonds is 4. The molecular weight excluding hydrogens is 647 g/mol. The van der Waals surface area contributed by atoms with Crippen molar-refractivity contribution in [1.29, 1.82) is 0 Å². The summed E-state index contributed by atoms with van der Waals surface area (Å²) >= 11 is 0. The van der Waals surface area contributed by atoms with Crippen LogP contribution in [0.15, 0.2) is 176 Å². The summed E-state index contributed by atoms with van der Waals surface area (Å²) in [7, 11) is 0. The van der Waals surface area contributed by atoms with Crippen molar-refractivity contribution in [3.63, 3.8) is 0 Å². The zero-order valence-corrected chi connectivity index (χ0v) is 28.5. The van der Waals surface area contributed by atoms with Gasteiger partial charge < -0.3 is 4.74 Å². The Labute approximate surface area is 305 Å². The van der Waals surface area contributed by atoms with Crippen LogP contribution >= 0.6 is 0 Å². The summed E-state index contributed by atoms with van der Waals surface area (Å²) in [6, 6.07) is 61.6. The molecule has 4 nitrogen and oxygen atoms in total. The van der Waals surface area contributed by atoms with E-state index in [1.165, 1.54) is 21.7 Å². The van der Waals surface area contributed by atoms with Gasteiger partial charge in [0.1, 0.15) is 11.5 Å². The predicted octanol–water partition coefficient (Wildman–Crippen LogP) is 12.9. The lowest BCUT2D eigenvalue weighted by atomic mass is 9.92. The van der Waals surface area contributed by atoms with Gasteiger partial charge in [0.05, 0.1) is 0 Å². The van der Waals surface area contributed by atoms with E-state index in [1.54, 1.807) is 0 Å². The molecule has 0 N–H and O–H groups in total. The molecule has 0 amide bonds. The minimum atomic E-state index is 0.604. The van der Waals surface area contributed by atoms with Crippen LogP contribution in [0.2, 0.25) is 0 Å². The van der Waals surface area contributed by atoms with Crippen molar-refractivity contribution in [1.82, 2.24) is 15.0 Å². The second-order valence-corrected chi connectivity index (χ2v) is 13.6. The average molecular weight is 676 g/mol. The summed E-state index contributed by atoms with van der Waals surface area (Å²) in [4.78, 5) is 15.8. The lowest BCUT2D eigenvalue weighted by Crippen LogP contribution is -2.02. The zero-order valence-electron chi connectivity index (χ0n) is 28.5. The van der Waals surface area contributed by atoms with Crippen molar-refractivity contribution < 1.29 is 4.74 Å². The third kappa shape index (κ3) is 4.80. The zero-order chi connectivity index (χ0) is 34.9. The van der Waals surface area contributed by atoms with Gasteiger partial charge in [0.25, 0.3) is 0 Å². The molecule has 10 aromatic rings. The van der Waals surface area contributed by atoms with Crippen molar-refractivity contribution in [3.05, 3.63) is 176 Å². The van der Waals surface area contributed by atoms with Crippen LogP contribution in [0.25, 0.3) is 99.5 Å². The van der Waals surface area contributed by atoms with E-state index in [9.17, 15) is 0 Å². The molecule has 0 atom stereocenters. The van der Waals surface area contributed by atoms with Gasteiger partial charge in [0.2, 0.25) is 0 Å². The Morgan fingerprint density at radius 2 is 0.962 bits per heavy atom. The highest BCUT2D eigenvalue weighted by Gasteiger charge is 2.23. The van der Waals surface area contributed by atoms with E-state index < -0.39 is 0 Å². The summed E-state index contributed by atoms with van der Waals surface area (Å²) in [6.07, 6.45) is 0. The van der Waals surface area contributed by atoms with Crippen LogP contribution in [0.5, 0.6) is 11.5 Å². The second kappa shape index (κ2) is 11.7. The maximum Gasteiger partial charge on any atom is 0.165 e. The van der Waals surface area contributed by atoms with Gasteiger partial charge in [0.15, 0.2) is 17.5 Å². The minimum absolute atomic E-state index is 0.604. The van der Waals surface area contributed by atoms with Crippen LogP contribution in [-0.2, 0) is 0 Å². The van der Waals surface area contributed by atoms with Gasteiger partial charge in [-0.05, 0) is 84.7 Å². The molecule has 246 valence electrons. The largest absolute Gasteiger partial charge is 0.456 e. The third-order valence-corrected chi connectivity index (χ3v) is 10.5. The first-order valence-electron chi connectivity index (χ1n) is 17.9. The number of fused-ring (bicyclic) bond motifs is 6. The van der Waals surface area contributed by atoms with E-state index in [4.69, 9.17) is 19.7 Å². The third-order valence-electron chi connectivity index (χ3n) is 10.5. The van der Waals surface area contributed by atoms with Gasteiger partial charge in [-0.25, -0.2) is 15.0 Å². The minimum Gasteiger partial charge on any atom is -0.456 e. The lowest BCUT2D eigenvalue weighted by molar-refractivity contribution is 0.487. The maximum absolute atomic E-state index is 6.45. The molecule has 1 aromatic heterocycles. The predicted molar refractivity (Wildman–Crippen MR) is 217 cm³/mol. The fraction of sp³-hybridized carbons (Fsp3) is 0. The van der Waals surface area contributed by atoms with Gasteiger partial charge in [-0.3, -0.25) is 0 Å². The van der Waals surface area contributed by atoms with Gasteiger partial charge in [-0.2, -0.15) is 0 Å². The number of aromatic nitrogens is 3. The number of hydrogen-bond donors (Lipinski definition) is 0. The van der Waals surface area contributed by atoms with Crippen molar-refractivity contribution in [2.75, 3.05) is 0 Å². The fourth-order valence-electron chi connectivity index (χ4n) is 7.95. The molecule has 1 aliphatic heterocycles. The summed E-state index contributed by atoms with van der Waals surface area (Å²) in [6.45, 7) is 0. The molecule has 2 heterocycles. The first-order valence-corrected chi connectivity index (χ1v) is 17.9. The molecule has 0 fully saturated rings. The number of nitrogens with zero attached hydrogens (tertiary/aromatic N) is 3. The Bertz CT molecular complexity index is 3070. The highest BCUT2D eigenvalue weighted by atomic mass is 16.5. The van der Waals surface area contributed by atoms with Gasteiger partial charge in [0, 0.05) is 27.6 Å². The molecular formula is C49H29N3O. The van der Waals surface area contributed by atoms with E-state index in [1.807, 2.05) is 24.3 Å². The summed E-state index contributed by atoms with van der Waals surface area (Å²) < 4.78 is 6.45. The van der Waals surface area contributed by atoms with Crippen molar-refractivity contribution in [2.24, 2.45) is 0 Å². The fourth-order valence-corrected chi connectivity index (χ4v) is 7.95. The second-order valence-electron chi connectivity index (χ2n) is 13.6. The standard InChI is InChI=1S/C49H29N3O/c1-2-10-30(11-3-1)31-20-22-34(23-21-31)47-50-48(36-25-27-43-42(29-36)39-18-8-14-33-15-9-19-44(53-43)45(33)39)52-49(51-47)46-38-17-7-5-13-35(38)28-41-37-16-6-4-12-32(37)24-26-40(41)46/h1-29H. The number of benzene rings is 9. The molecule has 0 spiro atoms. The monoisotopic (exact) mass is 675 g/mol. The molecule has 1 aliphatic rings. The SMILES string of the molecule is c1ccc(-c2ccc(-c3nc(-c4ccc5c(c4)-c4cccc6cccc(c46)O5)nc(-c4c5ccccc5cc5c4ccc4ccccc45)n3)cc2)cc1. The van der Waals surface area contributed by atoms with E-state index >= 15 is 0 Å². The molecule has 0 aliphatic carbocycles. The van der Waals surface area contributed by atoms with E-state index in [-0.39, 0.29) is 0 Å². The number of ether oxygens (including phenoxy) is 1. The molecule has 0 radical (unpaired) electrons. The molecule has 0 saturated heterocycles. The molecule has 53 heavy (non-hydrogen) atoms. The Hall–Kier alpha value is -7.17. The highest BCUT2D eigenvalue weighted by Crippen LogP contribution is 2.47. The Balaban J connectivity index is 1.16. The van der Waals surface area contributed by atoms with E-state index in [0.29, 0.717) is 17.5 Å². The molecule has 9 aromatic carbocycles. The first-order chi connectivity index (χ1) is 26.2. The van der Waals surface area contributed by atoms with Crippen LogP contribution in [0.1, 0.15) is 0 Å². The van der Waals surface area contributed by atoms with Crippen LogP contribution in [0.3, 0.4) is 0 Å². The number of hydrogen-bond acceptors (Lipinski definition) is 4. The normalized spacial score (nSPS) is 11.9. The van der Waals surface area contributed by atoms with Crippen molar-refractivity contribution >= 4 is 43.1 Å². The van der Waals surface area contributed by atoms with Crippen molar-refractivity contribution in [2.45, 2.75) is 0 Å². The van der Waals surface area contributed by atoms with Gasteiger partial charge in [-0.1, -0.05) is 146 Å². The average Bonchev–Trinajstić information content (AvgIpc) is 3.23.